The normalized spacial score (nSPS) is 13.6. The first kappa shape index (κ1) is 34.6. The number of hydrogen-bond donors (Lipinski definition) is 3. The van der Waals surface area contributed by atoms with Gasteiger partial charge >= 0.3 is 0 Å². The number of nitrogens with zero attached hydrogens (tertiary/aromatic N) is 4. The number of hydrogen-bond acceptors (Lipinski definition) is 10. The largest absolute Gasteiger partial charge is 0.504 e. The molecule has 0 fully saturated rings. The monoisotopic (exact) mass is 675 g/mol. The summed E-state index contributed by atoms with van der Waals surface area (Å²) >= 11 is 6.20. The molecule has 0 spiro atoms. The number of fused-ring (bicyclic) bond motifs is 3. The smallest absolute Gasteiger partial charge is 0.222 e. The maximum absolute atomic E-state index is 12.7. The number of ether oxygens (including phenoxy) is 3. The lowest BCUT2D eigenvalue weighted by molar-refractivity contribution is -0.121. The molecule has 0 radical (unpaired) electrons. The third kappa shape index (κ3) is 8.38. The van der Waals surface area contributed by atoms with Crippen LogP contribution >= 0.6 is 11.6 Å². The number of phenolic OH excluding ortho intramolecular Hbond substituents is 2. The van der Waals surface area contributed by atoms with Gasteiger partial charge in [0.2, 0.25) is 5.91 Å². The highest BCUT2D eigenvalue weighted by atomic mass is 35.5. The number of rotatable bonds is 16. The summed E-state index contributed by atoms with van der Waals surface area (Å²) in [7, 11) is 0. The standard InChI is InChI=1S/C35H38ClN5O7/c1-3-37-32(44)21-28-35-40-39-22(2)41(35)29-14-13-25(20-27(29)33(38-28)23-9-11-24(36)12-10-23)48-19-18-47-17-16-46-15-5-8-30(42)26-6-4-7-31(43)34(26)45/h4,6-7,9-14,20,28,43,45H,3,5,8,15-19,21H2,1-2H3,(H,37,44)/t28-/m0/s1. The molecule has 5 rings (SSSR count). The summed E-state index contributed by atoms with van der Waals surface area (Å²) in [6.45, 7) is 5.94. The zero-order chi connectivity index (χ0) is 34.0. The van der Waals surface area contributed by atoms with Gasteiger partial charge in [0.1, 0.15) is 24.2 Å². The van der Waals surface area contributed by atoms with Crippen LogP contribution in [0.4, 0.5) is 0 Å². The van der Waals surface area contributed by atoms with Crippen molar-refractivity contribution in [2.24, 2.45) is 4.99 Å². The molecular weight excluding hydrogens is 638 g/mol. The van der Waals surface area contributed by atoms with Crippen molar-refractivity contribution in [1.82, 2.24) is 20.1 Å². The van der Waals surface area contributed by atoms with E-state index >= 15 is 0 Å². The molecule has 0 bridgehead atoms. The fourth-order valence-electron chi connectivity index (χ4n) is 5.35. The molecule has 48 heavy (non-hydrogen) atoms. The van der Waals surface area contributed by atoms with Gasteiger partial charge in [-0.05, 0) is 62.7 Å². The van der Waals surface area contributed by atoms with Gasteiger partial charge in [-0.1, -0.05) is 29.8 Å². The van der Waals surface area contributed by atoms with Crippen molar-refractivity contribution in [1.29, 1.82) is 0 Å². The van der Waals surface area contributed by atoms with Gasteiger partial charge < -0.3 is 29.7 Å². The number of aliphatic imine (C=N–C) groups is 1. The minimum atomic E-state index is -0.567. The molecule has 1 aliphatic rings. The number of nitrogens with one attached hydrogen (secondary N) is 1. The number of halogens is 1. The number of ketones is 1. The first-order valence-corrected chi connectivity index (χ1v) is 16.1. The number of aryl methyl sites for hydroxylation is 1. The molecule has 0 aliphatic carbocycles. The van der Waals surface area contributed by atoms with Crippen LogP contribution in [0.5, 0.6) is 17.2 Å². The molecule has 252 valence electrons. The van der Waals surface area contributed by atoms with E-state index in [0.717, 1.165) is 16.8 Å². The topological polar surface area (TPSA) is 157 Å². The van der Waals surface area contributed by atoms with E-state index in [1.807, 2.05) is 48.7 Å². The Bertz CT molecular complexity index is 1770. The predicted molar refractivity (Wildman–Crippen MR) is 180 cm³/mol. The summed E-state index contributed by atoms with van der Waals surface area (Å²) in [6, 6.07) is 16.9. The number of Topliss-reactive ketones (excluding diaryl/α,β-unsaturated/α-hetero) is 1. The van der Waals surface area contributed by atoms with E-state index < -0.39 is 11.8 Å². The van der Waals surface area contributed by atoms with Crippen LogP contribution in [0, 0.1) is 6.92 Å². The number of amides is 1. The Morgan fingerprint density at radius 1 is 0.958 bits per heavy atom. The van der Waals surface area contributed by atoms with Crippen LogP contribution in [0.3, 0.4) is 0 Å². The lowest BCUT2D eigenvalue weighted by Gasteiger charge is -2.15. The van der Waals surface area contributed by atoms with Gasteiger partial charge in [-0.2, -0.15) is 0 Å². The molecule has 3 aromatic carbocycles. The Morgan fingerprint density at radius 3 is 2.48 bits per heavy atom. The van der Waals surface area contributed by atoms with Crippen LogP contribution in [0.1, 0.15) is 65.4 Å². The van der Waals surface area contributed by atoms with E-state index in [1.165, 1.54) is 18.2 Å². The molecule has 0 saturated carbocycles. The zero-order valence-electron chi connectivity index (χ0n) is 26.8. The Kier molecular flexibility index (Phi) is 11.8. The Labute approximate surface area is 283 Å². The quantitative estimate of drug-likeness (QED) is 0.0832. The summed E-state index contributed by atoms with van der Waals surface area (Å²) in [5.74, 6) is 0.758. The molecule has 4 aromatic rings. The minimum Gasteiger partial charge on any atom is -0.504 e. The molecule has 1 aliphatic heterocycles. The number of carbonyl (C=O) groups is 2. The third-order valence-electron chi connectivity index (χ3n) is 7.64. The SMILES string of the molecule is CCNC(=O)C[C@@H]1N=C(c2ccc(Cl)cc2)c2cc(OCCOCCOCCCC(=O)c3cccc(O)c3O)ccc2-n2c(C)nnc21. The van der Waals surface area contributed by atoms with Crippen molar-refractivity contribution in [2.75, 3.05) is 39.6 Å². The fourth-order valence-corrected chi connectivity index (χ4v) is 5.48. The summed E-state index contributed by atoms with van der Waals surface area (Å²) in [5.41, 5.74) is 3.23. The van der Waals surface area contributed by atoms with Crippen LogP contribution in [0.15, 0.2) is 65.7 Å². The molecule has 13 heteroatoms. The summed E-state index contributed by atoms with van der Waals surface area (Å²) in [6.07, 6.45) is 0.771. The minimum absolute atomic E-state index is 0.0977. The second-order valence-electron chi connectivity index (χ2n) is 11.1. The number of carbonyl (C=O) groups excluding carboxylic acids is 2. The van der Waals surface area contributed by atoms with Crippen LogP contribution in [-0.4, -0.2) is 82.0 Å². The van der Waals surface area contributed by atoms with E-state index in [2.05, 4.69) is 15.5 Å². The van der Waals surface area contributed by atoms with Gasteiger partial charge in [-0.25, -0.2) is 0 Å². The molecule has 0 saturated heterocycles. The van der Waals surface area contributed by atoms with Gasteiger partial charge in [-0.3, -0.25) is 19.1 Å². The van der Waals surface area contributed by atoms with E-state index in [9.17, 15) is 19.8 Å². The molecule has 0 unspecified atom stereocenters. The van der Waals surface area contributed by atoms with Gasteiger partial charge in [0, 0.05) is 35.7 Å². The highest BCUT2D eigenvalue weighted by Gasteiger charge is 2.30. The van der Waals surface area contributed by atoms with E-state index in [4.69, 9.17) is 30.8 Å². The van der Waals surface area contributed by atoms with E-state index in [1.54, 1.807) is 12.1 Å². The summed E-state index contributed by atoms with van der Waals surface area (Å²) < 4.78 is 19.2. The lowest BCUT2D eigenvalue weighted by atomic mass is 10.00. The summed E-state index contributed by atoms with van der Waals surface area (Å²) in [5, 5.41) is 31.6. The van der Waals surface area contributed by atoms with Crippen LogP contribution < -0.4 is 10.1 Å². The average molecular weight is 676 g/mol. The number of aromatic hydroxyl groups is 2. The molecule has 1 amide bonds. The molecule has 12 nitrogen and oxygen atoms in total. The molecule has 1 atom stereocenters. The van der Waals surface area contributed by atoms with Crippen molar-refractivity contribution in [3.05, 3.63) is 94.0 Å². The van der Waals surface area contributed by atoms with Crippen molar-refractivity contribution in [2.45, 2.75) is 39.2 Å². The van der Waals surface area contributed by atoms with Crippen molar-refractivity contribution in [3.63, 3.8) is 0 Å². The average Bonchev–Trinajstić information content (AvgIpc) is 3.40. The number of benzene rings is 3. The Balaban J connectivity index is 1.18. The van der Waals surface area contributed by atoms with Crippen LogP contribution in [-0.2, 0) is 14.3 Å². The van der Waals surface area contributed by atoms with Gasteiger partial charge in [0.15, 0.2) is 23.1 Å². The summed E-state index contributed by atoms with van der Waals surface area (Å²) in [4.78, 5) is 30.0. The van der Waals surface area contributed by atoms with E-state index in [-0.39, 0.29) is 35.8 Å². The maximum Gasteiger partial charge on any atom is 0.222 e. The van der Waals surface area contributed by atoms with Gasteiger partial charge in [-0.15, -0.1) is 10.2 Å². The van der Waals surface area contributed by atoms with Gasteiger partial charge in [0.05, 0.1) is 43.2 Å². The second-order valence-corrected chi connectivity index (χ2v) is 11.5. The molecular formula is C35H38ClN5O7. The first-order chi connectivity index (χ1) is 23.3. The highest BCUT2D eigenvalue weighted by Crippen LogP contribution is 2.34. The van der Waals surface area contributed by atoms with Crippen molar-refractivity contribution in [3.8, 4) is 22.9 Å². The highest BCUT2D eigenvalue weighted by molar-refractivity contribution is 6.30. The first-order valence-electron chi connectivity index (χ1n) is 15.8. The maximum atomic E-state index is 12.7. The number of aromatic nitrogens is 3. The molecule has 3 N–H and O–H groups in total. The Hall–Kier alpha value is -4.78. The molecule has 1 aromatic heterocycles. The lowest BCUT2D eigenvalue weighted by Crippen LogP contribution is -2.25. The van der Waals surface area contributed by atoms with Gasteiger partial charge in [0.25, 0.3) is 0 Å². The van der Waals surface area contributed by atoms with Crippen molar-refractivity contribution < 1.29 is 34.0 Å². The third-order valence-corrected chi connectivity index (χ3v) is 7.90. The van der Waals surface area contributed by atoms with Crippen LogP contribution in [0.2, 0.25) is 5.02 Å². The number of para-hydroxylation sites is 1. The van der Waals surface area contributed by atoms with Crippen LogP contribution in [0.25, 0.3) is 5.69 Å². The van der Waals surface area contributed by atoms with E-state index in [0.29, 0.717) is 74.1 Å². The van der Waals surface area contributed by atoms with Crippen molar-refractivity contribution >= 4 is 29.0 Å². The Morgan fingerprint density at radius 2 is 1.71 bits per heavy atom. The second kappa shape index (κ2) is 16.4. The molecule has 2 heterocycles. The fraction of sp³-hybridized carbons (Fsp3) is 0.343. The predicted octanol–water partition coefficient (Wildman–Crippen LogP) is 5.13. The number of phenols is 2. The zero-order valence-corrected chi connectivity index (χ0v) is 27.6.